The number of hydrogen-bond donors (Lipinski definition) is 0. The fourth-order valence-corrected chi connectivity index (χ4v) is 6.60. The minimum absolute atomic E-state index is 0.0769. The van der Waals surface area contributed by atoms with Gasteiger partial charge in [0.2, 0.25) is 27.6 Å². The molecule has 11 nitrogen and oxygen atoms in total. The molecule has 1 unspecified atom stereocenters. The SMILES string of the molecule is COc1ccc(-c2noc(CN3CCCC(C(=O)N4CCN(S(=O)(=O)c5ccccc5)CC4)C3)n2)cc1OC. The van der Waals surface area contributed by atoms with E-state index in [-0.39, 0.29) is 16.7 Å². The molecule has 0 N–H and O–H groups in total. The Bertz CT molecular complexity index is 1390. The molecular formula is C27H33N5O6S. The van der Waals surface area contributed by atoms with E-state index in [4.69, 9.17) is 14.0 Å². The van der Waals surface area contributed by atoms with Crippen LogP contribution in [0.1, 0.15) is 18.7 Å². The van der Waals surface area contributed by atoms with E-state index < -0.39 is 10.0 Å². The van der Waals surface area contributed by atoms with Crippen LogP contribution in [0.25, 0.3) is 11.4 Å². The number of carbonyl (C=O) groups is 1. The molecule has 208 valence electrons. The molecule has 3 aromatic rings. The van der Waals surface area contributed by atoms with Gasteiger partial charge in [0.25, 0.3) is 0 Å². The molecule has 0 aliphatic carbocycles. The van der Waals surface area contributed by atoms with Crippen LogP contribution < -0.4 is 9.47 Å². The number of amides is 1. The van der Waals surface area contributed by atoms with Crippen molar-refractivity contribution in [3.8, 4) is 22.9 Å². The highest BCUT2D eigenvalue weighted by Gasteiger charge is 2.34. The van der Waals surface area contributed by atoms with E-state index in [2.05, 4.69) is 15.0 Å². The molecule has 2 aliphatic heterocycles. The van der Waals surface area contributed by atoms with Crippen molar-refractivity contribution in [3.05, 3.63) is 54.4 Å². The zero-order valence-electron chi connectivity index (χ0n) is 22.2. The lowest BCUT2D eigenvalue weighted by Crippen LogP contribution is -2.53. The molecule has 0 bridgehead atoms. The molecule has 2 aromatic carbocycles. The molecular weight excluding hydrogens is 522 g/mol. The Morgan fingerprint density at radius 1 is 1.00 bits per heavy atom. The van der Waals surface area contributed by atoms with Gasteiger partial charge in [-0.05, 0) is 49.7 Å². The van der Waals surface area contributed by atoms with E-state index in [0.29, 0.717) is 62.5 Å². The lowest BCUT2D eigenvalue weighted by molar-refractivity contribution is -0.138. The standard InChI is InChI=1S/C27H33N5O6S/c1-36-23-11-10-20(17-24(23)37-2)26-28-25(38-29-26)19-30-12-6-7-21(18-30)27(33)31-13-15-32(16-14-31)39(34,35)22-8-4-3-5-9-22/h3-5,8-11,17,21H,6-7,12-16,18-19H2,1-2H3. The number of rotatable bonds is 8. The number of ether oxygens (including phenoxy) is 2. The third-order valence-corrected chi connectivity index (χ3v) is 9.17. The summed E-state index contributed by atoms with van der Waals surface area (Å²) in [6.07, 6.45) is 1.69. The summed E-state index contributed by atoms with van der Waals surface area (Å²) in [5.41, 5.74) is 0.753. The summed E-state index contributed by atoms with van der Waals surface area (Å²) in [6, 6.07) is 13.9. The summed E-state index contributed by atoms with van der Waals surface area (Å²) >= 11 is 0. The number of hydrogen-bond acceptors (Lipinski definition) is 9. The van der Waals surface area contributed by atoms with Crippen molar-refractivity contribution in [1.29, 1.82) is 0 Å². The predicted molar refractivity (Wildman–Crippen MR) is 143 cm³/mol. The second-order valence-corrected chi connectivity index (χ2v) is 11.6. The number of methoxy groups -OCH3 is 2. The molecule has 3 heterocycles. The van der Waals surface area contributed by atoms with Gasteiger partial charge in [-0.2, -0.15) is 9.29 Å². The lowest BCUT2D eigenvalue weighted by Gasteiger charge is -2.38. The smallest absolute Gasteiger partial charge is 0.243 e. The van der Waals surface area contributed by atoms with Crippen LogP contribution in [0.5, 0.6) is 11.5 Å². The van der Waals surface area contributed by atoms with Gasteiger partial charge in [0, 0.05) is 38.3 Å². The third kappa shape index (κ3) is 5.92. The Labute approximate surface area is 228 Å². The highest BCUT2D eigenvalue weighted by Crippen LogP contribution is 2.31. The maximum atomic E-state index is 13.3. The average molecular weight is 556 g/mol. The quantitative estimate of drug-likeness (QED) is 0.413. The molecule has 0 saturated carbocycles. The second kappa shape index (κ2) is 11.7. The van der Waals surface area contributed by atoms with Crippen molar-refractivity contribution < 1.29 is 27.2 Å². The first kappa shape index (κ1) is 27.1. The Morgan fingerprint density at radius 3 is 2.46 bits per heavy atom. The number of aromatic nitrogens is 2. The lowest BCUT2D eigenvalue weighted by atomic mass is 9.96. The maximum absolute atomic E-state index is 13.3. The Morgan fingerprint density at radius 2 is 1.74 bits per heavy atom. The summed E-state index contributed by atoms with van der Waals surface area (Å²) in [5.74, 6) is 2.06. The number of sulfonamides is 1. The molecule has 1 amide bonds. The topological polar surface area (TPSA) is 118 Å². The number of piperazine rings is 1. The summed E-state index contributed by atoms with van der Waals surface area (Å²) in [7, 11) is -0.401. The largest absolute Gasteiger partial charge is 0.493 e. The molecule has 1 atom stereocenters. The first-order valence-corrected chi connectivity index (χ1v) is 14.4. The summed E-state index contributed by atoms with van der Waals surface area (Å²) in [6.45, 7) is 3.24. The second-order valence-electron chi connectivity index (χ2n) is 9.70. The fraction of sp³-hybridized carbons (Fsp3) is 0.444. The molecule has 1 aromatic heterocycles. The summed E-state index contributed by atoms with van der Waals surface area (Å²) in [5, 5.41) is 4.12. The summed E-state index contributed by atoms with van der Waals surface area (Å²) in [4.78, 5) is 22.1. The van der Waals surface area contributed by atoms with Crippen molar-refractivity contribution in [1.82, 2.24) is 24.2 Å². The number of likely N-dealkylation sites (tertiary alicyclic amines) is 1. The molecule has 0 spiro atoms. The number of carbonyl (C=O) groups excluding carboxylic acids is 1. The zero-order chi connectivity index (χ0) is 27.4. The van der Waals surface area contributed by atoms with Crippen LogP contribution >= 0.6 is 0 Å². The van der Waals surface area contributed by atoms with Crippen LogP contribution in [0.3, 0.4) is 0 Å². The molecule has 2 saturated heterocycles. The van der Waals surface area contributed by atoms with Crippen molar-refractivity contribution in [2.75, 3.05) is 53.5 Å². The van der Waals surface area contributed by atoms with Crippen LogP contribution in [0.15, 0.2) is 57.9 Å². The van der Waals surface area contributed by atoms with E-state index in [1.807, 2.05) is 6.07 Å². The molecule has 5 rings (SSSR count). The van der Waals surface area contributed by atoms with Gasteiger partial charge < -0.3 is 18.9 Å². The third-order valence-electron chi connectivity index (χ3n) is 7.25. The van der Waals surface area contributed by atoms with Gasteiger partial charge in [-0.25, -0.2) is 8.42 Å². The molecule has 2 aliphatic rings. The van der Waals surface area contributed by atoms with E-state index in [1.165, 1.54) is 4.31 Å². The molecule has 39 heavy (non-hydrogen) atoms. The van der Waals surface area contributed by atoms with Crippen molar-refractivity contribution >= 4 is 15.9 Å². The van der Waals surface area contributed by atoms with Gasteiger partial charge in [0.05, 0.1) is 31.6 Å². The van der Waals surface area contributed by atoms with Gasteiger partial charge in [-0.3, -0.25) is 9.69 Å². The van der Waals surface area contributed by atoms with Gasteiger partial charge in [-0.15, -0.1) is 0 Å². The minimum Gasteiger partial charge on any atom is -0.493 e. The van der Waals surface area contributed by atoms with Gasteiger partial charge in [-0.1, -0.05) is 23.4 Å². The van der Waals surface area contributed by atoms with E-state index in [9.17, 15) is 13.2 Å². The van der Waals surface area contributed by atoms with Crippen LogP contribution in [0.2, 0.25) is 0 Å². The fourth-order valence-electron chi connectivity index (χ4n) is 5.15. The van der Waals surface area contributed by atoms with Crippen molar-refractivity contribution in [3.63, 3.8) is 0 Å². The predicted octanol–water partition coefficient (Wildman–Crippen LogP) is 2.50. The summed E-state index contributed by atoms with van der Waals surface area (Å²) < 4.78 is 43.5. The Balaban J connectivity index is 1.16. The molecule has 2 fully saturated rings. The van der Waals surface area contributed by atoms with Gasteiger partial charge in [0.15, 0.2) is 11.5 Å². The van der Waals surface area contributed by atoms with Crippen LogP contribution in [0, 0.1) is 5.92 Å². The van der Waals surface area contributed by atoms with E-state index in [1.54, 1.807) is 61.6 Å². The minimum atomic E-state index is -3.55. The van der Waals surface area contributed by atoms with Crippen LogP contribution in [-0.2, 0) is 21.4 Å². The highest BCUT2D eigenvalue weighted by atomic mass is 32.2. The van der Waals surface area contributed by atoms with Crippen LogP contribution in [0.4, 0.5) is 0 Å². The van der Waals surface area contributed by atoms with Gasteiger partial charge in [0.1, 0.15) is 0 Å². The maximum Gasteiger partial charge on any atom is 0.243 e. The zero-order valence-corrected chi connectivity index (χ0v) is 23.0. The first-order valence-electron chi connectivity index (χ1n) is 13.0. The number of nitrogens with zero attached hydrogens (tertiary/aromatic N) is 5. The van der Waals surface area contributed by atoms with Crippen molar-refractivity contribution in [2.45, 2.75) is 24.3 Å². The number of benzene rings is 2. The monoisotopic (exact) mass is 555 g/mol. The average Bonchev–Trinajstić information content (AvgIpc) is 3.45. The van der Waals surface area contributed by atoms with Crippen molar-refractivity contribution in [2.24, 2.45) is 5.92 Å². The Hall–Kier alpha value is -3.48. The van der Waals surface area contributed by atoms with E-state index in [0.717, 1.165) is 24.9 Å². The number of piperidine rings is 1. The normalized spacial score (nSPS) is 19.1. The Kier molecular flexibility index (Phi) is 8.15. The van der Waals surface area contributed by atoms with Gasteiger partial charge >= 0.3 is 0 Å². The first-order chi connectivity index (χ1) is 18.9. The highest BCUT2D eigenvalue weighted by molar-refractivity contribution is 7.89. The van der Waals surface area contributed by atoms with E-state index >= 15 is 0 Å². The molecule has 12 heteroatoms. The molecule has 0 radical (unpaired) electrons. The van der Waals surface area contributed by atoms with Crippen LogP contribution in [-0.4, -0.2) is 92.1 Å².